The van der Waals surface area contributed by atoms with Crippen LogP contribution in [0.5, 0.6) is 0 Å². The summed E-state index contributed by atoms with van der Waals surface area (Å²) in [5, 5.41) is 2.96. The first kappa shape index (κ1) is 8.87. The molecule has 1 fully saturated rings. The molecule has 1 aliphatic heterocycles. The molecule has 0 aromatic heterocycles. The maximum Gasteiger partial charge on any atom is 0.152 e. The monoisotopic (exact) mass is 153 g/mol. The Labute approximate surface area is 54.5 Å². The molecule has 0 aromatic carbocycles. The molecule has 5 heteroatoms. The summed E-state index contributed by atoms with van der Waals surface area (Å²) in [4.78, 5) is 0. The Morgan fingerprint density at radius 3 is 1.78 bits per heavy atom. The number of hydrogen-bond donors (Lipinski definition) is 1. The van der Waals surface area contributed by atoms with Crippen molar-refractivity contribution in [2.75, 3.05) is 24.6 Å². The first-order chi connectivity index (χ1) is 3.71. The zero-order chi connectivity index (χ0) is 6.04. The third-order valence-corrected chi connectivity index (χ3v) is 2.83. The van der Waals surface area contributed by atoms with E-state index in [4.69, 9.17) is 0 Å². The normalized spacial score (nSPS) is 24.4. The average molecular weight is 153 g/mol. The zero-order valence-corrected chi connectivity index (χ0v) is 5.87. The van der Waals surface area contributed by atoms with Gasteiger partial charge in [0.2, 0.25) is 0 Å². The molecule has 1 aliphatic rings. The maximum absolute atomic E-state index is 10.6. The Balaban J connectivity index is 0.000000640. The van der Waals surface area contributed by atoms with E-state index in [-0.39, 0.29) is 5.48 Å². The molecule has 0 unspecified atom stereocenters. The molecule has 0 radical (unpaired) electrons. The minimum Gasteiger partial charge on any atom is -0.412 e. The molecule has 0 bridgehead atoms. The molecule has 0 amide bonds. The van der Waals surface area contributed by atoms with Crippen molar-refractivity contribution in [3.63, 3.8) is 0 Å². The molecule has 0 atom stereocenters. The van der Waals surface area contributed by atoms with E-state index in [0.717, 1.165) is 0 Å². The van der Waals surface area contributed by atoms with E-state index in [9.17, 15) is 8.42 Å². The van der Waals surface area contributed by atoms with Crippen molar-refractivity contribution in [1.29, 1.82) is 0 Å². The highest BCUT2D eigenvalue weighted by Gasteiger charge is 2.13. The summed E-state index contributed by atoms with van der Waals surface area (Å²) in [5.41, 5.74) is 0. The SMILES string of the molecule is O.O=S1(=O)CCNCC1. The second-order valence-corrected chi connectivity index (χ2v) is 4.21. The fraction of sp³-hybridized carbons (Fsp3) is 1.00. The van der Waals surface area contributed by atoms with Crippen LogP contribution >= 0.6 is 0 Å². The second-order valence-electron chi connectivity index (χ2n) is 1.90. The molecule has 9 heavy (non-hydrogen) atoms. The lowest BCUT2D eigenvalue weighted by Gasteiger charge is -2.10. The van der Waals surface area contributed by atoms with Gasteiger partial charge in [-0.15, -0.1) is 0 Å². The van der Waals surface area contributed by atoms with Gasteiger partial charge in [0.15, 0.2) is 9.84 Å². The third kappa shape index (κ3) is 2.78. The highest BCUT2D eigenvalue weighted by molar-refractivity contribution is 7.91. The Hall–Kier alpha value is -0.130. The Bertz CT molecular complexity index is 151. The standard InChI is InChI=1S/C4H9NO2S.H2O/c6-8(7)3-1-5-2-4-8;/h5H,1-4H2;1H2. The molecular weight excluding hydrogens is 142 g/mol. The maximum atomic E-state index is 10.6. The van der Waals surface area contributed by atoms with Crippen LogP contribution in [0.3, 0.4) is 0 Å². The minimum atomic E-state index is -2.65. The van der Waals surface area contributed by atoms with E-state index in [1.165, 1.54) is 0 Å². The second kappa shape index (κ2) is 3.14. The van der Waals surface area contributed by atoms with Crippen molar-refractivity contribution in [2.24, 2.45) is 0 Å². The molecule has 1 saturated heterocycles. The van der Waals surface area contributed by atoms with Crippen LogP contribution in [0.2, 0.25) is 0 Å². The molecule has 0 aliphatic carbocycles. The summed E-state index contributed by atoms with van der Waals surface area (Å²) in [6.45, 7) is 1.25. The number of hydrogen-bond acceptors (Lipinski definition) is 3. The summed E-state index contributed by atoms with van der Waals surface area (Å²) >= 11 is 0. The first-order valence-electron chi connectivity index (χ1n) is 2.62. The van der Waals surface area contributed by atoms with Crippen LogP contribution in [0.1, 0.15) is 0 Å². The lowest BCUT2D eigenvalue weighted by Crippen LogP contribution is -2.35. The van der Waals surface area contributed by atoms with Crippen molar-refractivity contribution in [1.82, 2.24) is 5.32 Å². The predicted octanol–water partition coefficient (Wildman–Crippen LogP) is -1.82. The number of sulfone groups is 1. The highest BCUT2D eigenvalue weighted by Crippen LogP contribution is 1.91. The minimum absolute atomic E-state index is 0. The lowest BCUT2D eigenvalue weighted by molar-refractivity contribution is 0.577. The Morgan fingerprint density at radius 2 is 1.56 bits per heavy atom. The van der Waals surface area contributed by atoms with Crippen molar-refractivity contribution in [3.8, 4) is 0 Å². The van der Waals surface area contributed by atoms with Crippen molar-refractivity contribution >= 4 is 9.84 Å². The average Bonchev–Trinajstić information content (AvgIpc) is 1.65. The van der Waals surface area contributed by atoms with Crippen LogP contribution in [-0.2, 0) is 9.84 Å². The van der Waals surface area contributed by atoms with E-state index in [1.807, 2.05) is 0 Å². The van der Waals surface area contributed by atoms with E-state index < -0.39 is 9.84 Å². The molecule has 0 spiro atoms. The van der Waals surface area contributed by atoms with Crippen LogP contribution < -0.4 is 5.32 Å². The largest absolute Gasteiger partial charge is 0.412 e. The third-order valence-electron chi connectivity index (χ3n) is 1.18. The molecule has 3 N–H and O–H groups in total. The molecule has 4 nitrogen and oxygen atoms in total. The molecule has 0 saturated carbocycles. The fourth-order valence-electron chi connectivity index (χ4n) is 0.682. The van der Waals surface area contributed by atoms with Crippen molar-refractivity contribution in [2.45, 2.75) is 0 Å². The topological polar surface area (TPSA) is 77.7 Å². The summed E-state index contributed by atoms with van der Waals surface area (Å²) < 4.78 is 21.2. The summed E-state index contributed by atoms with van der Waals surface area (Å²) in [7, 11) is -2.65. The van der Waals surface area contributed by atoms with Crippen LogP contribution in [0.4, 0.5) is 0 Å². The molecule has 0 aromatic rings. The van der Waals surface area contributed by atoms with Gasteiger partial charge in [0.1, 0.15) is 0 Å². The van der Waals surface area contributed by atoms with Gasteiger partial charge in [-0.2, -0.15) is 0 Å². The van der Waals surface area contributed by atoms with E-state index >= 15 is 0 Å². The summed E-state index contributed by atoms with van der Waals surface area (Å²) in [5.74, 6) is 0.625. The van der Waals surface area contributed by atoms with Gasteiger partial charge in [-0.1, -0.05) is 0 Å². The predicted molar refractivity (Wildman–Crippen MR) is 35.1 cm³/mol. The summed E-state index contributed by atoms with van der Waals surface area (Å²) in [6, 6.07) is 0. The quantitative estimate of drug-likeness (QED) is 0.445. The van der Waals surface area contributed by atoms with Gasteiger partial charge in [-0.3, -0.25) is 0 Å². The highest BCUT2D eigenvalue weighted by atomic mass is 32.2. The smallest absolute Gasteiger partial charge is 0.152 e. The lowest BCUT2D eigenvalue weighted by atomic mass is 10.6. The Morgan fingerprint density at radius 1 is 1.11 bits per heavy atom. The van der Waals surface area contributed by atoms with Gasteiger partial charge in [-0.05, 0) is 0 Å². The van der Waals surface area contributed by atoms with Crippen LogP contribution in [-0.4, -0.2) is 38.5 Å². The van der Waals surface area contributed by atoms with E-state index in [1.54, 1.807) is 0 Å². The number of nitrogens with one attached hydrogen (secondary N) is 1. The van der Waals surface area contributed by atoms with Crippen molar-refractivity contribution < 1.29 is 13.9 Å². The van der Waals surface area contributed by atoms with Crippen LogP contribution in [0.25, 0.3) is 0 Å². The van der Waals surface area contributed by atoms with Gasteiger partial charge in [0.25, 0.3) is 0 Å². The van der Waals surface area contributed by atoms with Crippen molar-refractivity contribution in [3.05, 3.63) is 0 Å². The molecule has 56 valence electrons. The molecular formula is C4H11NO3S. The number of rotatable bonds is 0. The zero-order valence-electron chi connectivity index (χ0n) is 5.05. The molecule has 1 heterocycles. The van der Waals surface area contributed by atoms with Crippen LogP contribution in [0.15, 0.2) is 0 Å². The summed E-state index contributed by atoms with van der Waals surface area (Å²) in [6.07, 6.45) is 0. The first-order valence-corrected chi connectivity index (χ1v) is 4.44. The van der Waals surface area contributed by atoms with Gasteiger partial charge in [0.05, 0.1) is 11.5 Å². The van der Waals surface area contributed by atoms with Gasteiger partial charge < -0.3 is 10.8 Å². The van der Waals surface area contributed by atoms with Gasteiger partial charge in [0, 0.05) is 13.1 Å². The van der Waals surface area contributed by atoms with E-state index in [2.05, 4.69) is 5.32 Å². The fourth-order valence-corrected chi connectivity index (χ4v) is 1.80. The van der Waals surface area contributed by atoms with Crippen LogP contribution in [0, 0.1) is 0 Å². The molecule has 1 rings (SSSR count). The van der Waals surface area contributed by atoms with E-state index in [0.29, 0.717) is 24.6 Å². The Kier molecular flexibility index (Phi) is 3.10. The van der Waals surface area contributed by atoms with Gasteiger partial charge >= 0.3 is 0 Å². The van der Waals surface area contributed by atoms with Gasteiger partial charge in [-0.25, -0.2) is 8.42 Å².